The molecule has 1 fully saturated rings. The van der Waals surface area contributed by atoms with Crippen LogP contribution in [0.3, 0.4) is 0 Å². The third-order valence-electron chi connectivity index (χ3n) is 2.22. The molecule has 0 spiro atoms. The normalized spacial score (nSPS) is 24.4. The maximum Gasteiger partial charge on any atom is 0.249 e. The van der Waals surface area contributed by atoms with Gasteiger partial charge in [0.1, 0.15) is 11.9 Å². The third-order valence-corrected chi connectivity index (χ3v) is 2.22. The van der Waals surface area contributed by atoms with Gasteiger partial charge in [-0.25, -0.2) is 0 Å². The van der Waals surface area contributed by atoms with Gasteiger partial charge < -0.3 is 15.2 Å². The number of methoxy groups -OCH3 is 1. The number of primary amides is 1. The van der Waals surface area contributed by atoms with Crippen LogP contribution in [0.25, 0.3) is 0 Å². The van der Waals surface area contributed by atoms with E-state index in [2.05, 4.69) is 0 Å². The first-order valence-corrected chi connectivity index (χ1v) is 4.31. The van der Waals surface area contributed by atoms with E-state index in [1.54, 1.807) is 7.11 Å². The van der Waals surface area contributed by atoms with Crippen molar-refractivity contribution in [3.63, 3.8) is 0 Å². The summed E-state index contributed by atoms with van der Waals surface area (Å²) in [6, 6.07) is 7.39. The van der Waals surface area contributed by atoms with Gasteiger partial charge in [0.05, 0.1) is 7.11 Å². The Kier molecular flexibility index (Phi) is 2.13. The second kappa shape index (κ2) is 3.31. The van der Waals surface area contributed by atoms with Gasteiger partial charge in [0.15, 0.2) is 6.10 Å². The van der Waals surface area contributed by atoms with E-state index in [0.717, 1.165) is 11.3 Å². The molecule has 0 radical (unpaired) electrons. The lowest BCUT2D eigenvalue weighted by Crippen LogP contribution is -2.18. The molecule has 0 saturated carbocycles. The molecule has 4 heteroatoms. The molecule has 0 aromatic heterocycles. The Hall–Kier alpha value is -1.55. The molecule has 1 amide bonds. The fourth-order valence-corrected chi connectivity index (χ4v) is 1.38. The maximum absolute atomic E-state index is 10.7. The van der Waals surface area contributed by atoms with Gasteiger partial charge in [0.25, 0.3) is 0 Å². The molecule has 1 saturated heterocycles. The number of benzene rings is 1. The van der Waals surface area contributed by atoms with Crippen LogP contribution in [-0.2, 0) is 9.53 Å². The van der Waals surface area contributed by atoms with Crippen molar-refractivity contribution < 1.29 is 14.3 Å². The molecular formula is C10H11NO3. The average Bonchev–Trinajstić information content (AvgIpc) is 2.97. The molecule has 74 valence electrons. The van der Waals surface area contributed by atoms with E-state index in [1.807, 2.05) is 24.3 Å². The average molecular weight is 193 g/mol. The molecule has 4 nitrogen and oxygen atoms in total. The van der Waals surface area contributed by atoms with Gasteiger partial charge in [-0.05, 0) is 17.7 Å². The highest BCUT2D eigenvalue weighted by Gasteiger charge is 2.44. The second-order valence-corrected chi connectivity index (χ2v) is 3.15. The Morgan fingerprint density at radius 2 is 2.07 bits per heavy atom. The molecule has 2 atom stereocenters. The van der Waals surface area contributed by atoms with Crippen molar-refractivity contribution in [1.82, 2.24) is 0 Å². The summed E-state index contributed by atoms with van der Waals surface area (Å²) in [5.41, 5.74) is 6.05. The highest BCUT2D eigenvalue weighted by Crippen LogP contribution is 2.38. The molecule has 2 N–H and O–H groups in total. The summed E-state index contributed by atoms with van der Waals surface area (Å²) in [5, 5.41) is 0. The standard InChI is InChI=1S/C10H11NO3/c1-13-7-4-2-6(3-5-7)8-9(14-8)10(11)12/h2-5,8-9H,1H3,(H2,11,12)/t8-,9-/m0/s1. The zero-order valence-electron chi connectivity index (χ0n) is 7.77. The Morgan fingerprint density at radius 1 is 1.43 bits per heavy atom. The first-order chi connectivity index (χ1) is 6.72. The number of hydrogen-bond donors (Lipinski definition) is 1. The number of rotatable bonds is 3. The van der Waals surface area contributed by atoms with Crippen molar-refractivity contribution in [2.45, 2.75) is 12.2 Å². The van der Waals surface area contributed by atoms with Crippen LogP contribution in [0.2, 0.25) is 0 Å². The first kappa shape index (κ1) is 9.02. The summed E-state index contributed by atoms with van der Waals surface area (Å²) in [5.74, 6) is 0.371. The lowest BCUT2D eigenvalue weighted by atomic mass is 10.1. The van der Waals surface area contributed by atoms with E-state index >= 15 is 0 Å². The lowest BCUT2D eigenvalue weighted by molar-refractivity contribution is -0.119. The SMILES string of the molecule is COc1ccc([C@@H]2O[C@@H]2C(N)=O)cc1. The topological polar surface area (TPSA) is 64.8 Å². The van der Waals surface area contributed by atoms with Crippen LogP contribution in [0.4, 0.5) is 0 Å². The van der Waals surface area contributed by atoms with Crippen LogP contribution in [0.5, 0.6) is 5.75 Å². The van der Waals surface area contributed by atoms with Crippen LogP contribution in [0, 0.1) is 0 Å². The first-order valence-electron chi connectivity index (χ1n) is 4.31. The van der Waals surface area contributed by atoms with Crippen molar-refractivity contribution >= 4 is 5.91 Å². The number of epoxide rings is 1. The molecule has 1 heterocycles. The quantitative estimate of drug-likeness (QED) is 0.715. The largest absolute Gasteiger partial charge is 0.497 e. The zero-order valence-corrected chi connectivity index (χ0v) is 7.77. The summed E-state index contributed by atoms with van der Waals surface area (Å²) < 4.78 is 10.1. The number of hydrogen-bond acceptors (Lipinski definition) is 3. The summed E-state index contributed by atoms with van der Waals surface area (Å²) >= 11 is 0. The Balaban J connectivity index is 2.08. The number of carbonyl (C=O) groups is 1. The van der Waals surface area contributed by atoms with Crippen molar-refractivity contribution in [2.75, 3.05) is 7.11 Å². The highest BCUT2D eigenvalue weighted by atomic mass is 16.6. The van der Waals surface area contributed by atoms with E-state index in [0.29, 0.717) is 0 Å². The van der Waals surface area contributed by atoms with Crippen LogP contribution in [-0.4, -0.2) is 19.1 Å². The van der Waals surface area contributed by atoms with E-state index in [1.165, 1.54) is 0 Å². The third kappa shape index (κ3) is 1.56. The predicted octanol–water partition coefficient (Wildman–Crippen LogP) is 0.620. The van der Waals surface area contributed by atoms with Gasteiger partial charge in [0.2, 0.25) is 5.91 Å². The van der Waals surface area contributed by atoms with Crippen molar-refractivity contribution in [2.24, 2.45) is 5.73 Å². The molecule has 14 heavy (non-hydrogen) atoms. The van der Waals surface area contributed by atoms with Gasteiger partial charge >= 0.3 is 0 Å². The molecule has 0 unspecified atom stereocenters. The zero-order chi connectivity index (χ0) is 10.1. The van der Waals surface area contributed by atoms with E-state index in [-0.39, 0.29) is 6.10 Å². The molecular weight excluding hydrogens is 182 g/mol. The molecule has 0 bridgehead atoms. The molecule has 1 aromatic rings. The summed E-state index contributed by atoms with van der Waals surface area (Å²) in [7, 11) is 1.61. The molecule has 0 aliphatic carbocycles. The predicted molar refractivity (Wildman–Crippen MR) is 49.8 cm³/mol. The summed E-state index contributed by atoms with van der Waals surface area (Å²) in [4.78, 5) is 10.7. The number of ether oxygens (including phenoxy) is 2. The van der Waals surface area contributed by atoms with Gasteiger partial charge in [-0.3, -0.25) is 4.79 Å². The van der Waals surface area contributed by atoms with Crippen molar-refractivity contribution in [3.05, 3.63) is 29.8 Å². The van der Waals surface area contributed by atoms with E-state index in [4.69, 9.17) is 15.2 Å². The van der Waals surface area contributed by atoms with Crippen LogP contribution in [0.15, 0.2) is 24.3 Å². The van der Waals surface area contributed by atoms with Gasteiger partial charge in [-0.15, -0.1) is 0 Å². The van der Waals surface area contributed by atoms with Crippen molar-refractivity contribution in [3.8, 4) is 5.75 Å². The minimum atomic E-state index is -0.455. The number of carbonyl (C=O) groups excluding carboxylic acids is 1. The van der Waals surface area contributed by atoms with Crippen LogP contribution in [0.1, 0.15) is 11.7 Å². The minimum absolute atomic E-state index is 0.168. The molecule has 1 aromatic carbocycles. The Bertz CT molecular complexity index is 347. The number of nitrogens with two attached hydrogens (primary N) is 1. The van der Waals surface area contributed by atoms with Gasteiger partial charge in [-0.2, -0.15) is 0 Å². The summed E-state index contributed by atoms with van der Waals surface area (Å²) in [6.45, 7) is 0. The lowest BCUT2D eigenvalue weighted by Gasteiger charge is -1.99. The Labute approximate surface area is 81.6 Å². The monoisotopic (exact) mass is 193 g/mol. The van der Waals surface area contributed by atoms with Gasteiger partial charge in [0, 0.05) is 0 Å². The Morgan fingerprint density at radius 3 is 2.50 bits per heavy atom. The highest BCUT2D eigenvalue weighted by molar-refractivity contribution is 5.82. The van der Waals surface area contributed by atoms with E-state index in [9.17, 15) is 4.79 Å². The smallest absolute Gasteiger partial charge is 0.249 e. The van der Waals surface area contributed by atoms with Crippen molar-refractivity contribution in [1.29, 1.82) is 0 Å². The molecule has 1 aliphatic rings. The fraction of sp³-hybridized carbons (Fsp3) is 0.300. The maximum atomic E-state index is 10.7. The second-order valence-electron chi connectivity index (χ2n) is 3.15. The minimum Gasteiger partial charge on any atom is -0.497 e. The van der Waals surface area contributed by atoms with Crippen LogP contribution < -0.4 is 10.5 Å². The fourth-order valence-electron chi connectivity index (χ4n) is 1.38. The van der Waals surface area contributed by atoms with E-state index < -0.39 is 12.0 Å². The molecule has 2 rings (SSSR count). The number of amides is 1. The molecule has 1 aliphatic heterocycles. The van der Waals surface area contributed by atoms with Gasteiger partial charge in [-0.1, -0.05) is 12.1 Å². The summed E-state index contributed by atoms with van der Waals surface area (Å²) in [6.07, 6.45) is -0.623. The van der Waals surface area contributed by atoms with Crippen LogP contribution >= 0.6 is 0 Å².